The number of anilines is 2. The van der Waals surface area contributed by atoms with Crippen molar-refractivity contribution in [2.75, 3.05) is 43.6 Å². The number of esters is 1. The molecule has 4 N–H and O–H groups in total. The van der Waals surface area contributed by atoms with Crippen molar-refractivity contribution in [2.24, 2.45) is 16.5 Å². The number of piperidine rings is 1. The molecule has 17 heteroatoms. The zero-order chi connectivity index (χ0) is 48.2. The van der Waals surface area contributed by atoms with E-state index >= 15 is 0 Å². The van der Waals surface area contributed by atoms with E-state index in [2.05, 4.69) is 73.1 Å². The molecule has 1 unspecified atom stereocenters. The quantitative estimate of drug-likeness (QED) is 0.0680. The van der Waals surface area contributed by atoms with Gasteiger partial charge in [-0.25, -0.2) is 22.9 Å². The van der Waals surface area contributed by atoms with E-state index in [-0.39, 0.29) is 63.9 Å². The molecule has 1 amide bonds. The molecule has 0 bridgehead atoms. The van der Waals surface area contributed by atoms with Crippen LogP contribution in [0.1, 0.15) is 129 Å². The summed E-state index contributed by atoms with van der Waals surface area (Å²) in [5.74, 6) is -1.01. The number of nitrogens with one attached hydrogen (secondary N) is 3. The maximum absolute atomic E-state index is 14.3. The molecule has 3 aliphatic heterocycles. The Morgan fingerprint density at radius 2 is 1.74 bits per heavy atom. The summed E-state index contributed by atoms with van der Waals surface area (Å²) in [4.78, 5) is 51.6. The van der Waals surface area contributed by atoms with Crippen molar-refractivity contribution in [2.45, 2.75) is 120 Å². The van der Waals surface area contributed by atoms with Gasteiger partial charge >= 0.3 is 5.97 Å². The third kappa shape index (κ3) is 9.16. The molecule has 2 aromatic heterocycles. The first-order valence-electron chi connectivity index (χ1n) is 24.3. The zero-order valence-electron chi connectivity index (χ0n) is 39.6. The van der Waals surface area contributed by atoms with E-state index in [0.717, 1.165) is 69.9 Å². The average molecular weight is 960 g/mol. The van der Waals surface area contributed by atoms with Crippen molar-refractivity contribution in [3.8, 4) is 17.2 Å². The number of H-pyrrole nitrogens is 1. The van der Waals surface area contributed by atoms with Gasteiger partial charge in [0, 0.05) is 54.6 Å². The number of pyridine rings is 1. The highest BCUT2D eigenvalue weighted by atomic mass is 32.2. The predicted molar refractivity (Wildman–Crippen MR) is 262 cm³/mol. The van der Waals surface area contributed by atoms with E-state index in [1.54, 1.807) is 30.5 Å². The van der Waals surface area contributed by atoms with Gasteiger partial charge in [0.25, 0.3) is 15.9 Å². The van der Waals surface area contributed by atoms with Crippen LogP contribution in [-0.4, -0.2) is 91.3 Å². The largest absolute Gasteiger partial charge is 0.489 e. The Hall–Kier alpha value is -6.04. The van der Waals surface area contributed by atoms with Gasteiger partial charge in [-0.1, -0.05) is 38.1 Å². The number of amides is 1. The molecule has 5 aliphatic rings. The minimum Gasteiger partial charge on any atom is -0.489 e. The summed E-state index contributed by atoms with van der Waals surface area (Å²) >= 11 is 0. The summed E-state index contributed by atoms with van der Waals surface area (Å²) in [7, 11) is -3.40. The standard InChI is InChI=1S/C52H61N7O9S/c1-31(2)37-8-5-6-9-38(37)42-10-7-21-59(42)35-28-52(29-35)18-22-58(23-19-52)34-11-12-39(43(25-34)68-45-24-33-15-20-53-48(33)55-47(45)50(61)66-4)49(60)57-69(64,65)36-26-40(56-63)46-44(27-36)67-30-41(54-46)32-13-16-51(3,62)17-14-32/h5-6,8-9,11-12,15,20,24-27,31-32,35,41-42,54,62H,7,10,13-14,16-19,21-23,28-30H2,1-4H3,(H,53,55)(H,57,60)/t32-,41-,42?,51-/m1/s1. The van der Waals surface area contributed by atoms with Crippen LogP contribution < -0.4 is 24.4 Å². The summed E-state index contributed by atoms with van der Waals surface area (Å²) in [5.41, 5.74) is 3.48. The summed E-state index contributed by atoms with van der Waals surface area (Å²) in [6.07, 6.45) is 11.2. The Morgan fingerprint density at radius 3 is 2.48 bits per heavy atom. The van der Waals surface area contributed by atoms with Gasteiger partial charge < -0.3 is 34.5 Å². The van der Waals surface area contributed by atoms with Crippen LogP contribution in [0.2, 0.25) is 0 Å². The third-order valence-corrected chi connectivity index (χ3v) is 17.0. The Morgan fingerprint density at radius 1 is 0.971 bits per heavy atom. The Bertz CT molecular complexity index is 2890. The van der Waals surface area contributed by atoms with Gasteiger partial charge in [-0.2, -0.15) is 0 Å². The second kappa shape index (κ2) is 18.4. The van der Waals surface area contributed by atoms with Gasteiger partial charge in [0.2, 0.25) is 0 Å². The molecule has 16 nitrogen and oxygen atoms in total. The number of aliphatic hydroxyl groups is 1. The molecule has 364 valence electrons. The number of fused-ring (bicyclic) bond motifs is 2. The molecule has 5 aromatic rings. The Balaban J connectivity index is 0.884. The topological polar surface area (TPSA) is 205 Å². The van der Waals surface area contributed by atoms with Crippen LogP contribution in [0.3, 0.4) is 0 Å². The number of hydrogen-bond acceptors (Lipinski definition) is 14. The van der Waals surface area contributed by atoms with Crippen molar-refractivity contribution in [3.05, 3.63) is 100 Å². The first-order chi connectivity index (χ1) is 33.1. The minimum atomic E-state index is -4.63. The highest BCUT2D eigenvalue weighted by Crippen LogP contribution is 2.54. The zero-order valence-corrected chi connectivity index (χ0v) is 40.4. The molecule has 2 saturated heterocycles. The molecule has 69 heavy (non-hydrogen) atoms. The minimum absolute atomic E-state index is 0.00345. The molecular formula is C52H61N7O9S. The number of aromatic amines is 1. The lowest BCUT2D eigenvalue weighted by Gasteiger charge is -2.56. The summed E-state index contributed by atoms with van der Waals surface area (Å²) < 4.78 is 47.8. The predicted octanol–water partition coefficient (Wildman–Crippen LogP) is 9.48. The number of nitrogens with zero attached hydrogens (tertiary/aromatic N) is 4. The first kappa shape index (κ1) is 46.7. The lowest BCUT2D eigenvalue weighted by molar-refractivity contribution is -0.0227. The Kier molecular flexibility index (Phi) is 12.4. The Labute approximate surface area is 402 Å². The lowest BCUT2D eigenvalue weighted by atomic mass is 9.59. The number of aromatic nitrogens is 2. The SMILES string of the molecule is COC(=O)c1nc2[nH]ccc2cc1Oc1cc(N2CCC3(CC2)CC(N2CCCC2c2ccccc2C(C)C)C3)ccc1C(=O)NS(=O)(=O)c1cc(N=O)c2c(c1)OC[C@H]([C@H]1CC[C@](C)(O)CC1)N2. The van der Waals surface area contributed by atoms with Gasteiger partial charge in [-0.05, 0) is 142 Å². The van der Waals surface area contributed by atoms with E-state index < -0.39 is 32.4 Å². The maximum Gasteiger partial charge on any atom is 0.360 e. The average Bonchev–Trinajstić information content (AvgIpc) is 4.02. The van der Waals surface area contributed by atoms with Crippen LogP contribution in [0, 0.1) is 16.2 Å². The van der Waals surface area contributed by atoms with Gasteiger partial charge in [0.05, 0.1) is 29.2 Å². The van der Waals surface area contributed by atoms with E-state index in [1.807, 2.05) is 6.92 Å². The number of benzene rings is 3. The molecule has 2 aliphatic carbocycles. The van der Waals surface area contributed by atoms with Crippen molar-refractivity contribution >= 4 is 50.0 Å². The fourth-order valence-corrected chi connectivity index (χ4v) is 12.7. The molecular weight excluding hydrogens is 899 g/mol. The van der Waals surface area contributed by atoms with E-state index in [0.29, 0.717) is 41.9 Å². The van der Waals surface area contributed by atoms with Crippen LogP contribution in [0.5, 0.6) is 17.2 Å². The van der Waals surface area contributed by atoms with E-state index in [9.17, 15) is 28.0 Å². The molecule has 5 heterocycles. The summed E-state index contributed by atoms with van der Waals surface area (Å²) in [6.45, 7) is 9.28. The maximum atomic E-state index is 14.3. The molecule has 2 saturated carbocycles. The lowest BCUT2D eigenvalue weighted by Crippen LogP contribution is -2.54. The van der Waals surface area contributed by atoms with Gasteiger partial charge in [-0.3, -0.25) is 9.69 Å². The number of ether oxygens (including phenoxy) is 3. The van der Waals surface area contributed by atoms with Crippen molar-refractivity contribution in [1.82, 2.24) is 19.6 Å². The number of likely N-dealkylation sites (tertiary alicyclic amines) is 1. The van der Waals surface area contributed by atoms with E-state index in [1.165, 1.54) is 43.2 Å². The van der Waals surface area contributed by atoms with Crippen LogP contribution in [0.25, 0.3) is 11.0 Å². The molecule has 2 atom stereocenters. The first-order valence-corrected chi connectivity index (χ1v) is 25.8. The van der Waals surface area contributed by atoms with Crippen LogP contribution in [0.15, 0.2) is 83.0 Å². The van der Waals surface area contributed by atoms with Gasteiger partial charge in [-0.15, -0.1) is 4.91 Å². The molecule has 0 radical (unpaired) electrons. The van der Waals surface area contributed by atoms with Crippen LogP contribution in [-0.2, 0) is 14.8 Å². The smallest absolute Gasteiger partial charge is 0.360 e. The number of sulfonamides is 1. The number of rotatable bonds is 12. The number of carbonyl (C=O) groups is 2. The molecule has 3 aromatic carbocycles. The summed E-state index contributed by atoms with van der Waals surface area (Å²) in [6, 6.07) is 20.5. The molecule has 4 fully saturated rings. The fraction of sp³-hybridized carbons (Fsp3) is 0.481. The molecule has 10 rings (SSSR count). The van der Waals surface area contributed by atoms with Gasteiger partial charge in [0.1, 0.15) is 35.1 Å². The summed E-state index contributed by atoms with van der Waals surface area (Å²) in [5, 5.41) is 17.6. The highest BCUT2D eigenvalue weighted by Gasteiger charge is 2.50. The van der Waals surface area contributed by atoms with Crippen molar-refractivity contribution in [3.63, 3.8) is 0 Å². The van der Waals surface area contributed by atoms with Crippen molar-refractivity contribution < 1.29 is 37.3 Å². The van der Waals surface area contributed by atoms with E-state index in [4.69, 9.17) is 14.2 Å². The second-order valence-corrected chi connectivity index (χ2v) is 22.2. The normalized spacial score (nSPS) is 23.7. The number of methoxy groups -OCH3 is 1. The van der Waals surface area contributed by atoms with Crippen LogP contribution in [0.4, 0.5) is 17.1 Å². The monoisotopic (exact) mass is 959 g/mol. The highest BCUT2D eigenvalue weighted by molar-refractivity contribution is 7.90. The van der Waals surface area contributed by atoms with Gasteiger partial charge in [0.15, 0.2) is 11.4 Å². The number of hydrogen-bond donors (Lipinski definition) is 4. The third-order valence-electron chi connectivity index (χ3n) is 15.7. The fourth-order valence-electron chi connectivity index (χ4n) is 11.7. The number of nitroso groups, excluding NO2 is 1. The van der Waals surface area contributed by atoms with Crippen LogP contribution >= 0.6 is 0 Å². The second-order valence-electron chi connectivity index (χ2n) is 20.5. The number of carbonyl (C=O) groups excluding carboxylic acids is 2. The molecule has 1 spiro atoms. The van der Waals surface area contributed by atoms with Crippen molar-refractivity contribution in [1.29, 1.82) is 0 Å².